The SMILES string of the molecule is CSCC[C@H](N)C(=O)N[C@@H](CC(C)C)C(=O)N[C@@H](Cc1ccccc1)C(=O)N[C@@H](Cc1ccc(O)cc1)C(=O)N[C@@H](CC(C)C)C(=O)N[C@@H](C)C(=O)N[C@@H](CC(C)C)C(=O)N[C@@H](CS)C(=O)N[C@@H](CC(C)C)C(=O)N[C@@H](CC(C)C)C(=O)N[C@H](C(=O)N[C@@H](Cc1ccccc1)C(=O)N[C@H](C(=O)N[C@@H](CO)C(=O)N[C@@H](CO)C(=O)N[C@@H](C)C(=O)N[C@H](C(=O)N[C@@H](C)C(=O)O)[C@@H](C)O)[C@@H](C)O)[C@@H](C)O. The minimum atomic E-state index is -2.00. The molecule has 0 aliphatic carbocycles. The van der Waals surface area contributed by atoms with Crippen molar-refractivity contribution >= 4 is 131 Å². The van der Waals surface area contributed by atoms with Gasteiger partial charge in [-0.3, -0.25) is 86.3 Å². The number of carbonyl (C=O) groups is 18. The first-order valence-electron chi connectivity index (χ1n) is 45.6. The Morgan fingerprint density at radius 2 is 0.533 bits per heavy atom. The summed E-state index contributed by atoms with van der Waals surface area (Å²) < 4.78 is 0. The summed E-state index contributed by atoms with van der Waals surface area (Å²) in [4.78, 5) is 251. The highest BCUT2D eigenvalue weighted by Gasteiger charge is 2.41. The molecule has 0 aromatic heterocycles. The predicted molar refractivity (Wildman–Crippen MR) is 511 cm³/mol. The number of rotatable bonds is 60. The third-order valence-electron chi connectivity index (χ3n) is 21.4. The number of hydrogen-bond acceptors (Lipinski definition) is 27. The Labute approximate surface area is 808 Å². The van der Waals surface area contributed by atoms with Gasteiger partial charge in [0.1, 0.15) is 108 Å². The fraction of sp³-hybridized carbons (Fsp3) is 0.609. The number of amides is 17. The van der Waals surface area contributed by atoms with Crippen molar-refractivity contribution in [1.82, 2.24) is 90.4 Å². The number of aliphatic hydroxyl groups excluding tert-OH is 5. The molecule has 3 aromatic rings. The van der Waals surface area contributed by atoms with Gasteiger partial charge in [0.15, 0.2) is 0 Å². The van der Waals surface area contributed by atoms with Crippen LogP contribution in [-0.2, 0) is 106 Å². The Hall–Kier alpha value is -11.6. The van der Waals surface area contributed by atoms with Gasteiger partial charge in [-0.05, 0) is 150 Å². The van der Waals surface area contributed by atoms with Crippen molar-refractivity contribution in [2.45, 2.75) is 296 Å². The summed E-state index contributed by atoms with van der Waals surface area (Å²) in [5.74, 6) is -19.6. The van der Waals surface area contributed by atoms with E-state index in [2.05, 4.69) is 103 Å². The molecular weight excluding hydrogens is 1820 g/mol. The highest BCUT2D eigenvalue weighted by atomic mass is 32.2. The second kappa shape index (κ2) is 60.2. The van der Waals surface area contributed by atoms with Crippen molar-refractivity contribution in [2.75, 3.05) is 31.0 Å². The Morgan fingerprint density at radius 3 is 0.861 bits per heavy atom. The first kappa shape index (κ1) is 120. The maximum Gasteiger partial charge on any atom is 0.325 e. The molecule has 0 unspecified atom stereocenters. The Morgan fingerprint density at radius 1 is 0.299 bits per heavy atom. The van der Waals surface area contributed by atoms with Crippen LogP contribution < -0.4 is 96.1 Å². The lowest BCUT2D eigenvalue weighted by atomic mass is 9.99. The number of aromatic hydroxyl groups is 1. The number of nitrogens with one attached hydrogen (secondary N) is 17. The number of carboxylic acids is 1. The van der Waals surface area contributed by atoms with E-state index in [0.29, 0.717) is 28.9 Å². The number of aliphatic carboxylic acids is 1. The summed E-state index contributed by atoms with van der Waals surface area (Å²) in [7, 11) is 0. The number of thioether (sulfide) groups is 1. The minimum absolute atomic E-state index is 0.00592. The summed E-state index contributed by atoms with van der Waals surface area (Å²) >= 11 is 5.87. The number of phenolic OH excluding ortho intramolecular Hbond substituents is 1. The molecule has 45 heteroatoms. The van der Waals surface area contributed by atoms with Crippen molar-refractivity contribution < 1.29 is 122 Å². The Balaban J connectivity index is 1.86. The van der Waals surface area contributed by atoms with E-state index in [1.54, 1.807) is 116 Å². The zero-order valence-electron chi connectivity index (χ0n) is 80.7. The third kappa shape index (κ3) is 42.9. The monoisotopic (exact) mass is 1960 g/mol. The maximum atomic E-state index is 14.8. The Bertz CT molecular complexity index is 4480. The van der Waals surface area contributed by atoms with Crippen LogP contribution in [-0.4, -0.2) is 300 Å². The molecule has 137 heavy (non-hydrogen) atoms. The third-order valence-corrected chi connectivity index (χ3v) is 22.4. The van der Waals surface area contributed by atoms with E-state index in [1.165, 1.54) is 43.0 Å². The van der Waals surface area contributed by atoms with E-state index in [0.717, 1.165) is 34.6 Å². The minimum Gasteiger partial charge on any atom is -0.508 e. The van der Waals surface area contributed by atoms with Crippen molar-refractivity contribution in [3.05, 3.63) is 102 Å². The van der Waals surface area contributed by atoms with Gasteiger partial charge in [-0.2, -0.15) is 24.4 Å². The van der Waals surface area contributed by atoms with E-state index in [-0.39, 0.29) is 92.5 Å². The molecule has 0 saturated carbocycles. The summed E-state index contributed by atoms with van der Waals surface area (Å²) in [6.45, 7) is 22.1. The smallest absolute Gasteiger partial charge is 0.325 e. The molecule has 0 aliphatic rings. The second-order valence-corrected chi connectivity index (χ2v) is 37.6. The maximum absolute atomic E-state index is 14.8. The van der Waals surface area contributed by atoms with Gasteiger partial charge in [-0.25, -0.2) is 0 Å². The highest BCUT2D eigenvalue weighted by Crippen LogP contribution is 2.19. The summed E-state index contributed by atoms with van der Waals surface area (Å²) in [6, 6.07) is -5.20. The summed E-state index contributed by atoms with van der Waals surface area (Å²) in [5.41, 5.74) is 7.69. The van der Waals surface area contributed by atoms with E-state index >= 15 is 0 Å². The van der Waals surface area contributed by atoms with Crippen LogP contribution in [0.4, 0.5) is 0 Å². The lowest BCUT2D eigenvalue weighted by Gasteiger charge is -2.30. The van der Waals surface area contributed by atoms with E-state index in [4.69, 9.17) is 5.73 Å². The fourth-order valence-corrected chi connectivity index (χ4v) is 14.5. The summed E-state index contributed by atoms with van der Waals surface area (Å²) in [6.07, 6.45) is -3.61. The van der Waals surface area contributed by atoms with Crippen LogP contribution in [0, 0.1) is 29.6 Å². The van der Waals surface area contributed by atoms with Crippen LogP contribution >= 0.6 is 24.4 Å². The molecule has 3 rings (SSSR count). The first-order valence-corrected chi connectivity index (χ1v) is 47.6. The topological polar surface area (TPSA) is 679 Å². The van der Waals surface area contributed by atoms with Crippen molar-refractivity contribution in [1.29, 1.82) is 0 Å². The second-order valence-electron chi connectivity index (χ2n) is 36.2. The summed E-state index contributed by atoms with van der Waals surface area (Å²) in [5, 5.41) is 114. The molecule has 26 N–H and O–H groups in total. The normalized spacial score (nSPS) is 16.0. The molecule has 0 bridgehead atoms. The molecule has 3 aromatic carbocycles. The number of nitrogens with two attached hydrogens (primary N) is 1. The molecule has 0 spiro atoms. The molecule has 0 aliphatic heterocycles. The van der Waals surface area contributed by atoms with Gasteiger partial charge in [0.05, 0.1) is 37.6 Å². The zero-order valence-corrected chi connectivity index (χ0v) is 82.4. The van der Waals surface area contributed by atoms with Crippen LogP contribution in [0.15, 0.2) is 84.9 Å². The molecule has 21 atom stereocenters. The molecular formula is C92H144N18O25S2. The van der Waals surface area contributed by atoms with E-state index < -0.39 is 247 Å². The number of hydrogen-bond donors (Lipinski definition) is 26. The van der Waals surface area contributed by atoms with Gasteiger partial charge < -0.3 is 132 Å². The predicted octanol–water partition coefficient (Wildman–Crippen LogP) is -3.83. The van der Waals surface area contributed by atoms with Crippen molar-refractivity contribution in [2.24, 2.45) is 35.3 Å². The van der Waals surface area contributed by atoms with Gasteiger partial charge in [-0.1, -0.05) is 142 Å². The van der Waals surface area contributed by atoms with Crippen LogP contribution in [0.2, 0.25) is 0 Å². The van der Waals surface area contributed by atoms with Crippen LogP contribution in [0.3, 0.4) is 0 Å². The molecule has 0 radical (unpaired) electrons. The van der Waals surface area contributed by atoms with E-state index in [1.807, 2.05) is 20.1 Å². The van der Waals surface area contributed by atoms with Crippen LogP contribution in [0.1, 0.15) is 166 Å². The van der Waals surface area contributed by atoms with Crippen LogP contribution in [0.25, 0.3) is 0 Å². The average molecular weight is 1970 g/mol. The number of thiol groups is 1. The standard InChI is InChI=1S/C92H144N18O25S2/c1-45(2)34-61(99-82(124)67(41-58-28-30-59(116)31-29-58)103-83(125)66(39-56-24-20-18-21-25-56)102-79(121)63(36-47(5)6)98-77(119)60(93)32-33-137-17)78(120)94-50(11)75(117)97-62(35-46(3)4)81(123)107-71(44-136)88(130)101-64(37-48(7)8)80(122)100-65(38-49(9)10)84(126)109-73(54(15)114)90(132)104-68(40-57-26-22-19-23-27-57)85(127)110-74(55(16)115)91(133)106-70(43-112)87(129)105-69(42-111)86(128)95-51(12)76(118)108-72(53(14)113)89(131)96-52(13)92(134)135/h18-31,45-55,60-74,111-116,136H,32-44,93H2,1-17H3,(H,94,120)(H,95,128)(H,96,131)(H,97,117)(H,98,119)(H,99,124)(H,100,122)(H,101,130)(H,102,121)(H,103,125)(H,104,132)(H,105,129)(H,106,133)(H,107,123)(H,108,118)(H,109,126)(H,110,127)(H,134,135)/t50-,51-,52-,53+,54+,55+,60-,61-,62-,63-,64-,65-,66-,67-,68-,69-,70-,71-,72-,73-,74-/m0/s1. The van der Waals surface area contributed by atoms with Gasteiger partial charge in [0, 0.05) is 25.0 Å². The first-order chi connectivity index (χ1) is 64.2. The number of carboxylic acid groups (broad SMARTS) is 1. The molecule has 0 heterocycles. The number of phenols is 1. The lowest BCUT2D eigenvalue weighted by Crippen LogP contribution is -2.63. The van der Waals surface area contributed by atoms with Gasteiger partial charge in [0.25, 0.3) is 0 Å². The fourth-order valence-electron chi connectivity index (χ4n) is 13.8. The highest BCUT2D eigenvalue weighted by molar-refractivity contribution is 7.98. The van der Waals surface area contributed by atoms with Gasteiger partial charge >= 0.3 is 5.97 Å². The van der Waals surface area contributed by atoms with E-state index in [9.17, 15) is 122 Å². The van der Waals surface area contributed by atoms with Crippen molar-refractivity contribution in [3.63, 3.8) is 0 Å². The number of aliphatic hydroxyl groups is 5. The van der Waals surface area contributed by atoms with Crippen LogP contribution in [0.5, 0.6) is 5.75 Å². The number of benzene rings is 3. The number of carbonyl (C=O) groups excluding carboxylic acids is 17. The zero-order chi connectivity index (χ0) is 104. The Kier molecular flexibility index (Phi) is 52.5. The molecule has 0 saturated heterocycles. The quantitative estimate of drug-likeness (QED) is 0.0241. The largest absolute Gasteiger partial charge is 0.508 e. The lowest BCUT2D eigenvalue weighted by molar-refractivity contribution is -0.142. The molecule has 764 valence electrons. The molecule has 17 amide bonds. The van der Waals surface area contributed by atoms with Gasteiger partial charge in [0.2, 0.25) is 100 Å². The van der Waals surface area contributed by atoms with Crippen molar-refractivity contribution in [3.8, 4) is 5.75 Å². The molecule has 0 fully saturated rings. The van der Waals surface area contributed by atoms with Gasteiger partial charge in [-0.15, -0.1) is 0 Å². The average Bonchev–Trinajstić information content (AvgIpc) is 0.837. The molecule has 43 nitrogen and oxygen atoms in total.